The number of carbonyl (C=O) groups excluding carboxylic acids is 1. The van der Waals surface area contributed by atoms with Gasteiger partial charge >= 0.3 is 21.7 Å². The van der Waals surface area contributed by atoms with E-state index in [2.05, 4.69) is 103 Å². The standard InChI is InChI=1S/C12H10Si.C9H7.C8H9NO.2ClH.Ti/c1-3-7-11(8-4-1)13-12-9-5-2-6-10-12;1-2-5-9-7-3-6-8(9)4-1;1-6-3-2-4-7(5-6)8(9)10;;;/h1-10H;1-7H;2-5H,1H3,(H2,9,10);2*1H;/q;-1;;;;+4/p-3. The average molecular weight is 550 g/mol. The van der Waals surface area contributed by atoms with Crippen molar-refractivity contribution in [3.05, 3.63) is 144 Å². The largest absolute Gasteiger partial charge is 4.00 e. The Morgan fingerprint density at radius 1 is 0.714 bits per heavy atom. The van der Waals surface area contributed by atoms with E-state index in [-0.39, 0.29) is 46.5 Å². The number of nitrogens with one attached hydrogen (secondary N) is 1. The fourth-order valence-corrected chi connectivity index (χ4v) is 4.12. The molecule has 5 aromatic rings. The molecule has 0 aliphatic carbocycles. The Balaban J connectivity index is 0.000000483. The van der Waals surface area contributed by atoms with E-state index in [1.807, 2.05) is 13.0 Å². The van der Waals surface area contributed by atoms with Gasteiger partial charge in [-0.1, -0.05) is 107 Å². The molecule has 35 heavy (non-hydrogen) atoms. The third-order valence-corrected chi connectivity index (χ3v) is 5.91. The van der Waals surface area contributed by atoms with E-state index < -0.39 is 5.91 Å². The first-order valence-electron chi connectivity index (χ1n) is 10.4. The third kappa shape index (κ3) is 11.6. The zero-order chi connectivity index (χ0) is 22.6. The molecule has 0 unspecified atom stereocenters. The van der Waals surface area contributed by atoms with E-state index in [0.717, 1.165) is 15.1 Å². The van der Waals surface area contributed by atoms with E-state index in [1.54, 1.807) is 18.2 Å². The Kier molecular flexibility index (Phi) is 16.6. The molecule has 5 rings (SSSR count). The molecule has 0 aliphatic heterocycles. The summed E-state index contributed by atoms with van der Waals surface area (Å²) in [7, 11) is 0.777. The van der Waals surface area contributed by atoms with Crippen LogP contribution in [-0.4, -0.2) is 15.4 Å². The van der Waals surface area contributed by atoms with Crippen LogP contribution in [0.1, 0.15) is 15.9 Å². The van der Waals surface area contributed by atoms with E-state index >= 15 is 0 Å². The molecule has 0 atom stereocenters. The fourth-order valence-electron chi connectivity index (χ4n) is 3.07. The van der Waals surface area contributed by atoms with Crippen LogP contribution in [0.3, 0.4) is 0 Å². The van der Waals surface area contributed by atoms with Gasteiger partial charge < -0.3 is 35.3 Å². The molecular weight excluding hydrogens is 525 g/mol. The smallest absolute Gasteiger partial charge is 1.00 e. The maximum absolute atomic E-state index is 10.5. The minimum absolute atomic E-state index is 0. The summed E-state index contributed by atoms with van der Waals surface area (Å²) in [5.74, 6) is -0.622. The first-order valence-corrected chi connectivity index (χ1v) is 11.4. The van der Waals surface area contributed by atoms with Crippen molar-refractivity contribution in [2.45, 2.75) is 6.92 Å². The SMILES string of the molecule is Cc1cccc(C([NH-])=O)c1.[Cl-].[Cl-].[Ti+4].c1ccc([Si]c2ccccc2)cc1.c1ccc2[cH-]ccc2c1. The van der Waals surface area contributed by atoms with Gasteiger partial charge in [0.1, 0.15) is 9.52 Å². The van der Waals surface area contributed by atoms with Crippen LogP contribution in [0.4, 0.5) is 0 Å². The number of benzene rings is 4. The van der Waals surface area contributed by atoms with Gasteiger partial charge in [-0.2, -0.15) is 17.5 Å². The van der Waals surface area contributed by atoms with E-state index in [0.29, 0.717) is 5.56 Å². The van der Waals surface area contributed by atoms with Crippen LogP contribution in [0, 0.1) is 6.92 Å². The van der Waals surface area contributed by atoms with Gasteiger partial charge in [0.15, 0.2) is 0 Å². The Labute approximate surface area is 237 Å². The molecule has 0 bridgehead atoms. The number of hydrogen-bond acceptors (Lipinski definition) is 1. The van der Waals surface area contributed by atoms with Crippen molar-refractivity contribution in [2.24, 2.45) is 0 Å². The molecule has 0 aromatic heterocycles. The molecule has 2 radical (unpaired) electrons. The number of carbonyl (C=O) groups is 1. The zero-order valence-electron chi connectivity index (χ0n) is 19.3. The molecule has 0 aliphatic rings. The Bertz CT molecular complexity index is 1180. The summed E-state index contributed by atoms with van der Waals surface area (Å²) in [4.78, 5) is 10.5. The van der Waals surface area contributed by atoms with E-state index in [4.69, 9.17) is 5.73 Å². The molecule has 2 nitrogen and oxygen atoms in total. The molecule has 0 saturated heterocycles. The van der Waals surface area contributed by atoms with Gasteiger partial charge in [0.05, 0.1) is 5.91 Å². The number of fused-ring (bicyclic) bond motifs is 1. The second-order valence-corrected chi connectivity index (χ2v) is 8.62. The summed E-state index contributed by atoms with van der Waals surface area (Å²) in [5, 5.41) is 5.46. The third-order valence-electron chi connectivity index (χ3n) is 4.66. The normalized spacial score (nSPS) is 8.94. The molecule has 0 fully saturated rings. The van der Waals surface area contributed by atoms with Crippen molar-refractivity contribution >= 4 is 36.6 Å². The van der Waals surface area contributed by atoms with Crippen molar-refractivity contribution < 1.29 is 51.3 Å². The molecular formula is C29H25Cl2NOSiTi. The van der Waals surface area contributed by atoms with Gasteiger partial charge in [-0.25, -0.2) is 0 Å². The van der Waals surface area contributed by atoms with Crippen LogP contribution in [0.2, 0.25) is 0 Å². The number of hydrogen-bond donors (Lipinski definition) is 0. The predicted octanol–water partition coefficient (Wildman–Crippen LogP) is 0.0932. The Morgan fingerprint density at radius 2 is 1.26 bits per heavy atom. The zero-order valence-corrected chi connectivity index (χ0v) is 23.4. The molecule has 174 valence electrons. The quantitative estimate of drug-likeness (QED) is 0.232. The molecule has 1 amide bonds. The molecule has 1 N–H and O–H groups in total. The van der Waals surface area contributed by atoms with Crippen molar-refractivity contribution in [3.8, 4) is 0 Å². The Morgan fingerprint density at radius 3 is 1.74 bits per heavy atom. The van der Waals surface area contributed by atoms with Gasteiger partial charge in [-0.15, -0.1) is 29.7 Å². The predicted molar refractivity (Wildman–Crippen MR) is 137 cm³/mol. The van der Waals surface area contributed by atoms with Gasteiger partial charge in [0.25, 0.3) is 0 Å². The van der Waals surface area contributed by atoms with Crippen molar-refractivity contribution in [1.29, 1.82) is 0 Å². The topological polar surface area (TPSA) is 40.9 Å². The number of aryl methyl sites for hydroxylation is 1. The molecule has 5 aromatic carbocycles. The monoisotopic (exact) mass is 549 g/mol. The van der Waals surface area contributed by atoms with Gasteiger partial charge in [0, 0.05) is 0 Å². The first-order chi connectivity index (χ1) is 15.6. The number of rotatable bonds is 3. The molecule has 0 heterocycles. The maximum Gasteiger partial charge on any atom is 4.00 e. The van der Waals surface area contributed by atoms with Crippen LogP contribution in [-0.2, 0) is 21.7 Å². The van der Waals surface area contributed by atoms with Crippen molar-refractivity contribution in [2.75, 3.05) is 0 Å². The van der Waals surface area contributed by atoms with E-state index in [1.165, 1.54) is 21.1 Å². The molecule has 0 spiro atoms. The Hall–Kier alpha value is -2.53. The van der Waals surface area contributed by atoms with Gasteiger partial charge in [-0.3, -0.25) is 0 Å². The number of amides is 1. The first kappa shape index (κ1) is 32.5. The van der Waals surface area contributed by atoms with Crippen LogP contribution in [0.15, 0.2) is 127 Å². The fraction of sp³-hybridized carbons (Fsp3) is 0.0345. The second-order valence-electron chi connectivity index (χ2n) is 7.21. The maximum atomic E-state index is 10.5. The number of halogens is 2. The summed E-state index contributed by atoms with van der Waals surface area (Å²) in [6.45, 7) is 1.90. The average Bonchev–Trinajstić information content (AvgIpc) is 3.30. The van der Waals surface area contributed by atoms with Crippen LogP contribution in [0.5, 0.6) is 0 Å². The minimum Gasteiger partial charge on any atom is -1.00 e. The van der Waals surface area contributed by atoms with Crippen molar-refractivity contribution in [3.63, 3.8) is 0 Å². The second kappa shape index (κ2) is 17.8. The van der Waals surface area contributed by atoms with E-state index in [9.17, 15) is 4.79 Å². The van der Waals surface area contributed by atoms with Crippen molar-refractivity contribution in [1.82, 2.24) is 0 Å². The van der Waals surface area contributed by atoms with Crippen LogP contribution >= 0.6 is 0 Å². The van der Waals surface area contributed by atoms with Crippen LogP contribution < -0.4 is 35.2 Å². The van der Waals surface area contributed by atoms with Crippen LogP contribution in [0.25, 0.3) is 16.5 Å². The summed E-state index contributed by atoms with van der Waals surface area (Å²) in [5.41, 5.74) is 8.25. The molecule has 0 saturated carbocycles. The summed E-state index contributed by atoms with van der Waals surface area (Å²) in [6, 6.07) is 42.8. The van der Waals surface area contributed by atoms with Gasteiger partial charge in [-0.05, 0) is 12.5 Å². The summed E-state index contributed by atoms with van der Waals surface area (Å²) < 4.78 is 0. The minimum atomic E-state index is -0.622. The molecule has 6 heteroatoms. The summed E-state index contributed by atoms with van der Waals surface area (Å²) >= 11 is 0. The van der Waals surface area contributed by atoms with Gasteiger partial charge in [0.2, 0.25) is 0 Å². The summed E-state index contributed by atoms with van der Waals surface area (Å²) in [6.07, 6.45) is 0.